The largest absolute Gasteiger partial charge is 0.465 e. The third-order valence-electron chi connectivity index (χ3n) is 3.10. The van der Waals surface area contributed by atoms with Gasteiger partial charge in [-0.2, -0.15) is 0 Å². The van der Waals surface area contributed by atoms with Crippen LogP contribution in [0.2, 0.25) is 0 Å². The first-order chi connectivity index (χ1) is 6.81. The van der Waals surface area contributed by atoms with Crippen LogP contribution in [0.1, 0.15) is 19.3 Å². The lowest BCUT2D eigenvalue weighted by Gasteiger charge is -2.16. The van der Waals surface area contributed by atoms with E-state index in [9.17, 15) is 9.18 Å². The zero-order valence-electron chi connectivity index (χ0n) is 8.12. The van der Waals surface area contributed by atoms with Gasteiger partial charge in [0.1, 0.15) is 0 Å². The lowest BCUT2D eigenvalue weighted by Crippen LogP contribution is -2.22. The summed E-state index contributed by atoms with van der Waals surface area (Å²) in [6, 6.07) is 0. The van der Waals surface area contributed by atoms with Gasteiger partial charge in [0.2, 0.25) is 0 Å². The first-order valence-electron chi connectivity index (χ1n) is 5.22. The van der Waals surface area contributed by atoms with Crippen molar-refractivity contribution in [3.63, 3.8) is 0 Å². The van der Waals surface area contributed by atoms with Crippen molar-refractivity contribution in [2.45, 2.75) is 19.3 Å². The molecule has 1 saturated carbocycles. The van der Waals surface area contributed by atoms with Crippen LogP contribution >= 0.6 is 0 Å². The Morgan fingerprint density at radius 3 is 2.86 bits per heavy atom. The van der Waals surface area contributed by atoms with Gasteiger partial charge in [0.15, 0.2) is 0 Å². The molecule has 1 fully saturated rings. The van der Waals surface area contributed by atoms with Gasteiger partial charge in [0.25, 0.3) is 0 Å². The van der Waals surface area contributed by atoms with Gasteiger partial charge < -0.3 is 4.74 Å². The second-order valence-electron chi connectivity index (χ2n) is 4.10. The SMILES string of the molecule is O=C(OCCCF)C1CC2C=CC1C2. The maximum atomic E-state index is 11.8. The second kappa shape index (κ2) is 4.11. The molecule has 3 unspecified atom stereocenters. The number of esters is 1. The maximum absolute atomic E-state index is 11.8. The highest BCUT2D eigenvalue weighted by atomic mass is 19.1. The van der Waals surface area contributed by atoms with Crippen LogP contribution in [0.5, 0.6) is 0 Å². The first kappa shape index (κ1) is 9.69. The van der Waals surface area contributed by atoms with Crippen LogP contribution in [0.25, 0.3) is 0 Å². The number of hydrogen-bond acceptors (Lipinski definition) is 2. The Labute approximate surface area is 83.1 Å². The zero-order chi connectivity index (χ0) is 9.97. The van der Waals surface area contributed by atoms with E-state index in [1.807, 2.05) is 0 Å². The molecule has 0 radical (unpaired) electrons. The first-order valence-corrected chi connectivity index (χ1v) is 5.22. The Bertz CT molecular complexity index is 250. The summed E-state index contributed by atoms with van der Waals surface area (Å²) in [6.45, 7) is -0.184. The molecule has 0 heterocycles. The molecule has 78 valence electrons. The molecule has 0 aromatic rings. The summed E-state index contributed by atoms with van der Waals surface area (Å²) in [4.78, 5) is 11.5. The number of rotatable bonds is 4. The molecule has 2 bridgehead atoms. The summed E-state index contributed by atoms with van der Waals surface area (Å²) in [5.41, 5.74) is 0. The molecule has 0 aromatic heterocycles. The van der Waals surface area contributed by atoms with E-state index in [0.717, 1.165) is 12.8 Å². The summed E-state index contributed by atoms with van der Waals surface area (Å²) < 4.78 is 16.8. The number of ether oxygens (including phenoxy) is 1. The minimum atomic E-state index is -0.413. The molecule has 2 nitrogen and oxygen atoms in total. The smallest absolute Gasteiger partial charge is 0.309 e. The molecule has 14 heavy (non-hydrogen) atoms. The zero-order valence-corrected chi connectivity index (χ0v) is 8.12. The molecule has 2 rings (SSSR count). The van der Waals surface area contributed by atoms with Crippen molar-refractivity contribution in [1.29, 1.82) is 0 Å². The number of carbonyl (C=O) groups is 1. The molecule has 2 aliphatic carbocycles. The molecular formula is C11H15FO2. The van der Waals surface area contributed by atoms with Crippen molar-refractivity contribution in [1.82, 2.24) is 0 Å². The minimum absolute atomic E-state index is 0.0459. The van der Waals surface area contributed by atoms with Gasteiger partial charge in [-0.25, -0.2) is 0 Å². The fourth-order valence-electron chi connectivity index (χ4n) is 2.39. The topological polar surface area (TPSA) is 26.3 Å². The lowest BCUT2D eigenvalue weighted by molar-refractivity contribution is -0.149. The monoisotopic (exact) mass is 198 g/mol. The molecule has 0 amide bonds. The normalized spacial score (nSPS) is 33.6. The van der Waals surface area contributed by atoms with Gasteiger partial charge in [-0.1, -0.05) is 12.2 Å². The highest BCUT2D eigenvalue weighted by Crippen LogP contribution is 2.43. The van der Waals surface area contributed by atoms with Gasteiger partial charge in [-0.05, 0) is 24.7 Å². The Balaban J connectivity index is 1.79. The maximum Gasteiger partial charge on any atom is 0.309 e. The van der Waals surface area contributed by atoms with Crippen molar-refractivity contribution >= 4 is 5.97 Å². The Morgan fingerprint density at radius 2 is 2.29 bits per heavy atom. The number of allylic oxidation sites excluding steroid dienone is 2. The van der Waals surface area contributed by atoms with E-state index in [0.29, 0.717) is 18.3 Å². The highest BCUT2D eigenvalue weighted by Gasteiger charge is 2.40. The Morgan fingerprint density at radius 1 is 1.43 bits per heavy atom. The van der Waals surface area contributed by atoms with E-state index < -0.39 is 6.67 Å². The van der Waals surface area contributed by atoms with E-state index >= 15 is 0 Å². The van der Waals surface area contributed by atoms with Crippen LogP contribution in [-0.2, 0) is 9.53 Å². The van der Waals surface area contributed by atoms with Crippen LogP contribution in [-0.4, -0.2) is 19.3 Å². The van der Waals surface area contributed by atoms with Crippen LogP contribution in [0, 0.1) is 17.8 Å². The molecule has 0 aromatic carbocycles. The van der Waals surface area contributed by atoms with Gasteiger partial charge in [-0.15, -0.1) is 0 Å². The molecule has 2 aliphatic rings. The number of hydrogen-bond donors (Lipinski definition) is 0. The van der Waals surface area contributed by atoms with E-state index in [1.54, 1.807) is 0 Å². The van der Waals surface area contributed by atoms with Crippen molar-refractivity contribution in [3.8, 4) is 0 Å². The number of fused-ring (bicyclic) bond motifs is 2. The van der Waals surface area contributed by atoms with Gasteiger partial charge >= 0.3 is 5.97 Å². The van der Waals surface area contributed by atoms with E-state index in [4.69, 9.17) is 4.74 Å². The number of alkyl halides is 1. The summed E-state index contributed by atoms with van der Waals surface area (Å²) >= 11 is 0. The third-order valence-corrected chi connectivity index (χ3v) is 3.10. The molecule has 3 heteroatoms. The van der Waals surface area contributed by atoms with Gasteiger partial charge in [0, 0.05) is 6.42 Å². The van der Waals surface area contributed by atoms with Gasteiger partial charge in [-0.3, -0.25) is 9.18 Å². The summed E-state index contributed by atoms with van der Waals surface area (Å²) in [7, 11) is 0. The van der Waals surface area contributed by atoms with E-state index in [2.05, 4.69) is 12.2 Å². The van der Waals surface area contributed by atoms with Crippen molar-refractivity contribution in [3.05, 3.63) is 12.2 Å². The summed E-state index contributed by atoms with van der Waals surface area (Å²) in [5.74, 6) is 0.886. The molecule has 0 N–H and O–H groups in total. The average molecular weight is 198 g/mol. The summed E-state index contributed by atoms with van der Waals surface area (Å²) in [5, 5.41) is 0. The quantitative estimate of drug-likeness (QED) is 0.393. The molecule has 0 aliphatic heterocycles. The molecular weight excluding hydrogens is 183 g/mol. The van der Waals surface area contributed by atoms with Gasteiger partial charge in [0.05, 0.1) is 19.2 Å². The van der Waals surface area contributed by atoms with Crippen LogP contribution in [0.4, 0.5) is 4.39 Å². The predicted octanol–water partition coefficient (Wildman–Crippen LogP) is 2.10. The fraction of sp³-hybridized carbons (Fsp3) is 0.727. The van der Waals surface area contributed by atoms with Crippen LogP contribution < -0.4 is 0 Å². The van der Waals surface area contributed by atoms with Crippen molar-refractivity contribution in [2.75, 3.05) is 13.3 Å². The standard InChI is InChI=1S/C11H15FO2/c12-4-1-5-14-11(13)10-7-8-2-3-9(10)6-8/h2-3,8-10H,1,4-7H2. The average Bonchev–Trinajstić information content (AvgIpc) is 2.79. The fourth-order valence-corrected chi connectivity index (χ4v) is 2.39. The minimum Gasteiger partial charge on any atom is -0.465 e. The van der Waals surface area contributed by atoms with Crippen molar-refractivity contribution in [2.24, 2.45) is 17.8 Å². The molecule has 0 saturated heterocycles. The molecule has 0 spiro atoms. The second-order valence-corrected chi connectivity index (χ2v) is 4.10. The Kier molecular flexibility index (Phi) is 2.85. The lowest BCUT2D eigenvalue weighted by atomic mass is 9.94. The highest BCUT2D eigenvalue weighted by molar-refractivity contribution is 5.74. The van der Waals surface area contributed by atoms with Crippen LogP contribution in [0.15, 0.2) is 12.2 Å². The van der Waals surface area contributed by atoms with E-state index in [-0.39, 0.29) is 18.5 Å². The van der Waals surface area contributed by atoms with E-state index in [1.165, 1.54) is 0 Å². The third kappa shape index (κ3) is 1.81. The predicted molar refractivity (Wildman–Crippen MR) is 50.4 cm³/mol. The Hall–Kier alpha value is -0.860. The number of carbonyl (C=O) groups excluding carboxylic acids is 1. The molecule has 3 atom stereocenters. The van der Waals surface area contributed by atoms with Crippen molar-refractivity contribution < 1.29 is 13.9 Å². The number of halogens is 1. The van der Waals surface area contributed by atoms with Crippen LogP contribution in [0.3, 0.4) is 0 Å². The summed E-state index contributed by atoms with van der Waals surface area (Å²) in [6.07, 6.45) is 6.66.